The predicted octanol–water partition coefficient (Wildman–Crippen LogP) is 3.26. The topological polar surface area (TPSA) is 84.9 Å². The van der Waals surface area contributed by atoms with Crippen LogP contribution in [0.15, 0.2) is 42.5 Å². The second kappa shape index (κ2) is 9.96. The molecule has 0 unspecified atom stereocenters. The number of ether oxygens (including phenoxy) is 2. The number of nitrogens with zero attached hydrogens (tertiary/aromatic N) is 1. The first kappa shape index (κ1) is 21.5. The molecule has 7 nitrogen and oxygen atoms in total. The normalized spacial score (nSPS) is 10.1. The van der Waals surface area contributed by atoms with Gasteiger partial charge in [-0.3, -0.25) is 9.59 Å². The Morgan fingerprint density at radius 1 is 1.07 bits per heavy atom. The Bertz CT molecular complexity index is 888. The lowest BCUT2D eigenvalue weighted by Crippen LogP contribution is -2.37. The third kappa shape index (κ3) is 6.14. The van der Waals surface area contributed by atoms with Crippen molar-refractivity contribution in [3.05, 3.63) is 58.1 Å². The van der Waals surface area contributed by atoms with Crippen LogP contribution in [-0.4, -0.2) is 50.0 Å². The highest BCUT2D eigenvalue weighted by Crippen LogP contribution is 2.23. The lowest BCUT2D eigenvalue weighted by Gasteiger charge is -2.17. The number of halogens is 2. The van der Waals surface area contributed by atoms with Gasteiger partial charge in [-0.15, -0.1) is 0 Å². The van der Waals surface area contributed by atoms with Crippen LogP contribution in [-0.2, 0) is 14.3 Å². The molecule has 2 aromatic carbocycles. The number of methoxy groups -OCH3 is 1. The molecule has 0 aliphatic rings. The van der Waals surface area contributed by atoms with Crippen LogP contribution in [0.4, 0.5) is 5.69 Å². The highest BCUT2D eigenvalue weighted by molar-refractivity contribution is 6.42. The molecule has 1 N–H and O–H groups in total. The van der Waals surface area contributed by atoms with E-state index in [0.717, 1.165) is 4.90 Å². The third-order valence-electron chi connectivity index (χ3n) is 3.64. The van der Waals surface area contributed by atoms with Crippen LogP contribution in [0.25, 0.3) is 0 Å². The summed E-state index contributed by atoms with van der Waals surface area (Å²) in [5.74, 6) is -1.06. The smallest absolute Gasteiger partial charge is 0.338 e. The number of likely N-dealkylation sites (N-methyl/N-ethyl adjacent to an activating group) is 1. The predicted molar refractivity (Wildman–Crippen MR) is 106 cm³/mol. The monoisotopic (exact) mass is 424 g/mol. The number of carbonyl (C=O) groups is 3. The number of benzene rings is 2. The maximum Gasteiger partial charge on any atom is 0.338 e. The van der Waals surface area contributed by atoms with E-state index >= 15 is 0 Å². The summed E-state index contributed by atoms with van der Waals surface area (Å²) in [6, 6.07) is 11.1. The minimum Gasteiger partial charge on any atom is -0.497 e. The van der Waals surface area contributed by atoms with Crippen molar-refractivity contribution in [2.75, 3.05) is 32.6 Å². The van der Waals surface area contributed by atoms with Crippen LogP contribution in [0.5, 0.6) is 5.75 Å². The van der Waals surface area contributed by atoms with Gasteiger partial charge in [0.15, 0.2) is 6.61 Å². The first-order chi connectivity index (χ1) is 13.3. The standard InChI is InChI=1S/C19H18Cl2N2O5/c1-23(10-17(24)22-13-4-3-5-14(9-13)27-2)18(25)11-28-19(26)12-6-7-15(20)16(21)8-12/h3-9H,10-11H2,1-2H3,(H,22,24). The average Bonchev–Trinajstić information content (AvgIpc) is 2.67. The molecule has 28 heavy (non-hydrogen) atoms. The van der Waals surface area contributed by atoms with Gasteiger partial charge in [0.1, 0.15) is 5.75 Å². The van der Waals surface area contributed by atoms with Gasteiger partial charge in [0, 0.05) is 18.8 Å². The number of esters is 1. The first-order valence-corrected chi connectivity index (χ1v) is 8.85. The Kier molecular flexibility index (Phi) is 7.66. The molecule has 0 radical (unpaired) electrons. The fourth-order valence-corrected chi connectivity index (χ4v) is 2.45. The van der Waals surface area contributed by atoms with Gasteiger partial charge in [-0.1, -0.05) is 29.3 Å². The van der Waals surface area contributed by atoms with Crippen molar-refractivity contribution in [3.63, 3.8) is 0 Å². The van der Waals surface area contributed by atoms with Crippen molar-refractivity contribution >= 4 is 46.7 Å². The van der Waals surface area contributed by atoms with Crippen molar-refractivity contribution in [2.45, 2.75) is 0 Å². The maximum absolute atomic E-state index is 12.1. The molecule has 0 heterocycles. The molecule has 0 saturated carbocycles. The number of rotatable bonds is 7. The summed E-state index contributed by atoms with van der Waals surface area (Å²) >= 11 is 11.6. The van der Waals surface area contributed by atoms with E-state index in [1.54, 1.807) is 24.3 Å². The van der Waals surface area contributed by atoms with Gasteiger partial charge in [-0.2, -0.15) is 0 Å². The van der Waals surface area contributed by atoms with E-state index in [1.807, 2.05) is 0 Å². The molecule has 2 aromatic rings. The molecule has 0 aromatic heterocycles. The Morgan fingerprint density at radius 3 is 2.50 bits per heavy atom. The molecule has 0 aliphatic carbocycles. The van der Waals surface area contributed by atoms with Gasteiger partial charge < -0.3 is 19.7 Å². The van der Waals surface area contributed by atoms with Crippen LogP contribution in [0.3, 0.4) is 0 Å². The fourth-order valence-electron chi connectivity index (χ4n) is 2.15. The van der Waals surface area contributed by atoms with Crippen molar-refractivity contribution in [1.29, 1.82) is 0 Å². The van der Waals surface area contributed by atoms with Crippen molar-refractivity contribution in [2.24, 2.45) is 0 Å². The molecule has 0 spiro atoms. The Morgan fingerprint density at radius 2 is 1.82 bits per heavy atom. The van der Waals surface area contributed by atoms with Crippen LogP contribution >= 0.6 is 23.2 Å². The van der Waals surface area contributed by atoms with Crippen molar-refractivity contribution in [1.82, 2.24) is 4.90 Å². The van der Waals surface area contributed by atoms with Gasteiger partial charge in [-0.05, 0) is 30.3 Å². The van der Waals surface area contributed by atoms with Crippen molar-refractivity contribution < 1.29 is 23.9 Å². The van der Waals surface area contributed by atoms with Crippen LogP contribution in [0.2, 0.25) is 10.0 Å². The quantitative estimate of drug-likeness (QED) is 0.689. The van der Waals surface area contributed by atoms with Gasteiger partial charge in [0.2, 0.25) is 5.91 Å². The average molecular weight is 425 g/mol. The molecular formula is C19H18Cl2N2O5. The molecule has 0 fully saturated rings. The van der Waals surface area contributed by atoms with Gasteiger partial charge in [0.05, 0.1) is 29.3 Å². The summed E-state index contributed by atoms with van der Waals surface area (Å²) in [5.41, 5.74) is 0.705. The number of amides is 2. The molecule has 0 atom stereocenters. The largest absolute Gasteiger partial charge is 0.497 e. The van der Waals surface area contributed by atoms with Crippen LogP contribution < -0.4 is 10.1 Å². The zero-order valence-electron chi connectivity index (χ0n) is 15.2. The lowest BCUT2D eigenvalue weighted by molar-refractivity contribution is -0.136. The zero-order valence-corrected chi connectivity index (χ0v) is 16.7. The van der Waals surface area contributed by atoms with E-state index in [9.17, 15) is 14.4 Å². The molecular weight excluding hydrogens is 407 g/mol. The van der Waals surface area contributed by atoms with E-state index in [0.29, 0.717) is 16.5 Å². The molecule has 148 valence electrons. The summed E-state index contributed by atoms with van der Waals surface area (Å²) in [6.07, 6.45) is 0. The molecule has 2 amide bonds. The summed E-state index contributed by atoms with van der Waals surface area (Å²) < 4.78 is 10.0. The van der Waals surface area contributed by atoms with E-state index < -0.39 is 24.4 Å². The Labute approximate surface area is 172 Å². The summed E-state index contributed by atoms with van der Waals surface area (Å²) in [7, 11) is 2.95. The van der Waals surface area contributed by atoms with E-state index in [-0.39, 0.29) is 17.1 Å². The minimum atomic E-state index is -0.721. The molecule has 0 aliphatic heterocycles. The number of carbonyl (C=O) groups excluding carboxylic acids is 3. The van der Waals surface area contributed by atoms with Gasteiger partial charge in [-0.25, -0.2) is 4.79 Å². The minimum absolute atomic E-state index is 0.167. The second-order valence-corrected chi connectivity index (χ2v) is 6.55. The number of anilines is 1. The zero-order chi connectivity index (χ0) is 20.7. The Balaban J connectivity index is 1.83. The van der Waals surface area contributed by atoms with E-state index in [2.05, 4.69) is 5.32 Å². The number of nitrogens with one attached hydrogen (secondary N) is 1. The Hall–Kier alpha value is -2.77. The lowest BCUT2D eigenvalue weighted by atomic mass is 10.2. The molecule has 9 heteroatoms. The molecule has 0 bridgehead atoms. The highest BCUT2D eigenvalue weighted by Gasteiger charge is 2.17. The van der Waals surface area contributed by atoms with Crippen LogP contribution in [0.1, 0.15) is 10.4 Å². The highest BCUT2D eigenvalue weighted by atomic mass is 35.5. The van der Waals surface area contributed by atoms with Crippen molar-refractivity contribution in [3.8, 4) is 5.75 Å². The second-order valence-electron chi connectivity index (χ2n) is 5.73. The van der Waals surface area contributed by atoms with E-state index in [4.69, 9.17) is 32.7 Å². The molecule has 2 rings (SSSR count). The number of hydrogen-bond acceptors (Lipinski definition) is 5. The van der Waals surface area contributed by atoms with Gasteiger partial charge in [0.25, 0.3) is 5.91 Å². The summed E-state index contributed by atoms with van der Waals surface area (Å²) in [5, 5.41) is 3.16. The van der Waals surface area contributed by atoms with Gasteiger partial charge >= 0.3 is 5.97 Å². The maximum atomic E-state index is 12.1. The third-order valence-corrected chi connectivity index (χ3v) is 4.38. The summed E-state index contributed by atoms with van der Waals surface area (Å²) in [6.45, 7) is -0.720. The first-order valence-electron chi connectivity index (χ1n) is 8.10. The fraction of sp³-hybridized carbons (Fsp3) is 0.211. The summed E-state index contributed by atoms with van der Waals surface area (Å²) in [4.78, 5) is 37.3. The molecule has 0 saturated heterocycles. The SMILES string of the molecule is COc1cccc(NC(=O)CN(C)C(=O)COC(=O)c2ccc(Cl)c(Cl)c2)c1. The van der Waals surface area contributed by atoms with Crippen LogP contribution in [0, 0.1) is 0 Å². The van der Waals surface area contributed by atoms with E-state index in [1.165, 1.54) is 32.4 Å². The number of hydrogen-bond donors (Lipinski definition) is 1.